The van der Waals surface area contributed by atoms with Crippen molar-refractivity contribution in [2.24, 2.45) is 0 Å². The first-order valence-electron chi connectivity index (χ1n) is 5.97. The zero-order valence-electron chi connectivity index (χ0n) is 11.3. The molecule has 0 bridgehead atoms. The van der Waals surface area contributed by atoms with Gasteiger partial charge in [-0.15, -0.1) is 0 Å². The summed E-state index contributed by atoms with van der Waals surface area (Å²) in [6.07, 6.45) is 3.22. The lowest BCUT2D eigenvalue weighted by Crippen LogP contribution is -1.87. The average molecular weight is 221 g/mol. The Morgan fingerprint density at radius 2 is 1.69 bits per heavy atom. The fraction of sp³-hybridized carbons (Fsp3) is 0.538. The highest BCUT2D eigenvalue weighted by molar-refractivity contribution is 5.38. The molecule has 0 N–H and O–H groups in total. The van der Waals surface area contributed by atoms with Crippen LogP contribution in [0.25, 0.3) is 5.65 Å². The number of aromatic nitrogens is 3. The van der Waals surface area contributed by atoms with Crippen LogP contribution in [-0.4, -0.2) is 14.6 Å². The smallest absolute Gasteiger partial charge is 0.155 e. The van der Waals surface area contributed by atoms with Crippen molar-refractivity contribution in [1.29, 1.82) is 0 Å². The predicted molar refractivity (Wildman–Crippen MR) is 69.8 cm³/mol. The Kier molecular flexibility index (Phi) is 7.18. The van der Waals surface area contributed by atoms with Crippen LogP contribution in [0.5, 0.6) is 0 Å². The molecule has 0 spiro atoms. The van der Waals surface area contributed by atoms with Gasteiger partial charge in [0.1, 0.15) is 5.82 Å². The van der Waals surface area contributed by atoms with Crippen molar-refractivity contribution in [2.45, 2.75) is 48.0 Å². The van der Waals surface area contributed by atoms with Gasteiger partial charge in [0.2, 0.25) is 0 Å². The molecule has 0 radical (unpaired) electrons. The molecule has 2 rings (SSSR count). The third kappa shape index (κ3) is 4.43. The Balaban J connectivity index is 0.000000394. The van der Waals surface area contributed by atoms with Gasteiger partial charge in [-0.3, -0.25) is 0 Å². The largest absolute Gasteiger partial charge is 0.221 e. The molecule has 0 unspecified atom stereocenters. The van der Waals surface area contributed by atoms with E-state index in [2.05, 4.69) is 23.9 Å². The zero-order chi connectivity index (χ0) is 12.6. The molecule has 0 aliphatic carbocycles. The van der Waals surface area contributed by atoms with E-state index in [-0.39, 0.29) is 0 Å². The van der Waals surface area contributed by atoms with Crippen LogP contribution in [0, 0.1) is 13.8 Å². The molecule has 0 atom stereocenters. The van der Waals surface area contributed by atoms with Gasteiger partial charge in [-0.25, -0.2) is 9.50 Å². The molecule has 0 fully saturated rings. The minimum Gasteiger partial charge on any atom is -0.221 e. The lowest BCUT2D eigenvalue weighted by molar-refractivity contribution is 0.923. The highest BCUT2D eigenvalue weighted by Gasteiger charge is 1.96. The van der Waals surface area contributed by atoms with Gasteiger partial charge in [-0.1, -0.05) is 40.2 Å². The summed E-state index contributed by atoms with van der Waals surface area (Å²) in [7, 11) is 0. The summed E-state index contributed by atoms with van der Waals surface area (Å²) < 4.78 is 1.80. The summed E-state index contributed by atoms with van der Waals surface area (Å²) in [5, 5.41) is 4.18. The van der Waals surface area contributed by atoms with Gasteiger partial charge >= 0.3 is 0 Å². The Hall–Kier alpha value is -1.38. The Morgan fingerprint density at radius 3 is 2.25 bits per heavy atom. The Labute approximate surface area is 98.5 Å². The number of nitrogens with zero attached hydrogens (tertiary/aromatic N) is 3. The van der Waals surface area contributed by atoms with Gasteiger partial charge in [-0.05, 0) is 25.5 Å². The number of pyridine rings is 1. The first-order chi connectivity index (χ1) is 7.67. The number of rotatable bonds is 0. The molecule has 0 aromatic carbocycles. The number of fused-ring (bicyclic) bond motifs is 1. The van der Waals surface area contributed by atoms with Crippen molar-refractivity contribution in [3.63, 3.8) is 0 Å². The fourth-order valence-electron chi connectivity index (χ4n) is 1.10. The van der Waals surface area contributed by atoms with Crippen LogP contribution in [0.4, 0.5) is 0 Å². The quantitative estimate of drug-likeness (QED) is 0.677. The van der Waals surface area contributed by atoms with Crippen molar-refractivity contribution in [1.82, 2.24) is 14.6 Å². The fourth-order valence-corrected chi connectivity index (χ4v) is 1.10. The van der Waals surface area contributed by atoms with E-state index in [4.69, 9.17) is 0 Å². The van der Waals surface area contributed by atoms with Crippen LogP contribution in [-0.2, 0) is 0 Å². The molecule has 3 nitrogen and oxygen atoms in total. The molecule has 0 amide bonds. The van der Waals surface area contributed by atoms with E-state index >= 15 is 0 Å². The van der Waals surface area contributed by atoms with Crippen LogP contribution in [0.1, 0.15) is 45.5 Å². The number of hydrogen-bond donors (Lipinski definition) is 0. The van der Waals surface area contributed by atoms with E-state index in [1.54, 1.807) is 4.52 Å². The lowest BCUT2D eigenvalue weighted by Gasteiger charge is -1.91. The Morgan fingerprint density at radius 1 is 1.12 bits per heavy atom. The molecule has 0 saturated heterocycles. The third-order valence-corrected chi connectivity index (χ3v) is 1.58. The second-order valence-corrected chi connectivity index (χ2v) is 3.38. The SMILES string of the molecule is CC.CCC.Cc1ccc2nc(C)nn2c1. The molecule has 2 heterocycles. The van der Waals surface area contributed by atoms with Gasteiger partial charge in [0, 0.05) is 6.20 Å². The average Bonchev–Trinajstić information content (AvgIpc) is 2.61. The number of aryl methyl sites for hydroxylation is 2. The molecule has 16 heavy (non-hydrogen) atoms. The highest BCUT2D eigenvalue weighted by Crippen LogP contribution is 2.02. The lowest BCUT2D eigenvalue weighted by atomic mass is 10.3. The maximum atomic E-state index is 4.21. The minimum atomic E-state index is 0.815. The molecular weight excluding hydrogens is 198 g/mol. The normalized spacial score (nSPS) is 8.88. The van der Waals surface area contributed by atoms with Crippen molar-refractivity contribution in [3.8, 4) is 0 Å². The minimum absolute atomic E-state index is 0.815. The molecule has 0 aliphatic heterocycles. The molecule has 0 aliphatic rings. The predicted octanol–water partition coefficient (Wildman–Crippen LogP) is 3.79. The van der Waals surface area contributed by atoms with Crippen molar-refractivity contribution in [2.75, 3.05) is 0 Å². The van der Waals surface area contributed by atoms with Crippen molar-refractivity contribution in [3.05, 3.63) is 29.7 Å². The first-order valence-corrected chi connectivity index (χ1v) is 5.97. The van der Waals surface area contributed by atoms with Crippen LogP contribution in [0.2, 0.25) is 0 Å². The first kappa shape index (κ1) is 14.6. The van der Waals surface area contributed by atoms with Gasteiger partial charge in [0.15, 0.2) is 5.65 Å². The van der Waals surface area contributed by atoms with Crippen LogP contribution >= 0.6 is 0 Å². The standard InChI is InChI=1S/C8H9N3.C3H8.C2H6/c1-6-3-4-8-9-7(2)10-11(8)5-6;1-3-2;1-2/h3-5H,1-2H3;3H2,1-2H3;1-2H3. The second-order valence-electron chi connectivity index (χ2n) is 3.38. The zero-order valence-corrected chi connectivity index (χ0v) is 11.3. The summed E-state index contributed by atoms with van der Waals surface area (Å²) in [5.74, 6) is 0.815. The molecule has 2 aromatic rings. The van der Waals surface area contributed by atoms with Crippen LogP contribution in [0.3, 0.4) is 0 Å². The van der Waals surface area contributed by atoms with E-state index in [9.17, 15) is 0 Å². The molecule has 3 heteroatoms. The maximum absolute atomic E-state index is 4.21. The van der Waals surface area contributed by atoms with Crippen molar-refractivity contribution >= 4 is 5.65 Å². The second kappa shape index (κ2) is 7.85. The summed E-state index contributed by atoms with van der Waals surface area (Å²) in [5.41, 5.74) is 2.11. The monoisotopic (exact) mass is 221 g/mol. The maximum Gasteiger partial charge on any atom is 0.155 e. The van der Waals surface area contributed by atoms with E-state index in [0.717, 1.165) is 11.5 Å². The van der Waals surface area contributed by atoms with Gasteiger partial charge in [0.25, 0.3) is 0 Å². The summed E-state index contributed by atoms with van der Waals surface area (Å²) in [4.78, 5) is 4.21. The summed E-state index contributed by atoms with van der Waals surface area (Å²) in [6.45, 7) is 12.2. The summed E-state index contributed by atoms with van der Waals surface area (Å²) in [6, 6.07) is 4.00. The topological polar surface area (TPSA) is 30.2 Å². The number of hydrogen-bond acceptors (Lipinski definition) is 2. The van der Waals surface area contributed by atoms with E-state index in [1.807, 2.05) is 46.0 Å². The van der Waals surface area contributed by atoms with Crippen LogP contribution < -0.4 is 0 Å². The third-order valence-electron chi connectivity index (χ3n) is 1.58. The van der Waals surface area contributed by atoms with Crippen molar-refractivity contribution < 1.29 is 0 Å². The molecule has 0 saturated carbocycles. The van der Waals surface area contributed by atoms with Gasteiger partial charge < -0.3 is 0 Å². The van der Waals surface area contributed by atoms with Crippen LogP contribution in [0.15, 0.2) is 18.3 Å². The van der Waals surface area contributed by atoms with Gasteiger partial charge in [-0.2, -0.15) is 5.10 Å². The van der Waals surface area contributed by atoms with E-state index in [1.165, 1.54) is 12.0 Å². The molecular formula is C13H23N3. The highest BCUT2D eigenvalue weighted by atomic mass is 15.3. The summed E-state index contributed by atoms with van der Waals surface area (Å²) >= 11 is 0. The molecule has 2 aromatic heterocycles. The van der Waals surface area contributed by atoms with E-state index < -0.39 is 0 Å². The molecule has 90 valence electrons. The van der Waals surface area contributed by atoms with E-state index in [0.29, 0.717) is 0 Å². The van der Waals surface area contributed by atoms with Gasteiger partial charge in [0.05, 0.1) is 0 Å². The Bertz CT molecular complexity index is 404.